The molecule has 0 saturated heterocycles. The molecule has 0 aliphatic rings. The van der Waals surface area contributed by atoms with E-state index < -0.39 is 0 Å². The van der Waals surface area contributed by atoms with Crippen molar-refractivity contribution in [1.82, 2.24) is 0 Å². The highest BCUT2D eigenvalue weighted by atomic mass is 16.5. The minimum Gasteiger partial charge on any atom is -0.508 e. The van der Waals surface area contributed by atoms with Crippen molar-refractivity contribution in [3.8, 4) is 5.75 Å². The van der Waals surface area contributed by atoms with Crippen LogP contribution < -0.4 is 0 Å². The van der Waals surface area contributed by atoms with E-state index in [2.05, 4.69) is 0 Å². The average molecular weight is 208 g/mol. The first-order chi connectivity index (χ1) is 7.20. The second-order valence-electron chi connectivity index (χ2n) is 3.27. The molecule has 0 bridgehead atoms. The van der Waals surface area contributed by atoms with Crippen LogP contribution in [0.25, 0.3) is 0 Å². The molecule has 1 aromatic rings. The Morgan fingerprint density at radius 2 is 2.07 bits per heavy atom. The fraction of sp³-hybridized carbons (Fsp3) is 0.417. The number of carbonyl (C=O) groups excluding carboxylic acids is 1. The summed E-state index contributed by atoms with van der Waals surface area (Å²) in [6.07, 6.45) is 0.621. The van der Waals surface area contributed by atoms with Gasteiger partial charge in [0.25, 0.3) is 0 Å². The molecule has 3 nitrogen and oxygen atoms in total. The van der Waals surface area contributed by atoms with E-state index in [1.165, 1.54) is 0 Å². The van der Waals surface area contributed by atoms with Gasteiger partial charge in [0.2, 0.25) is 0 Å². The van der Waals surface area contributed by atoms with E-state index in [0.29, 0.717) is 18.6 Å². The highest BCUT2D eigenvalue weighted by Crippen LogP contribution is 2.28. The van der Waals surface area contributed by atoms with Gasteiger partial charge in [-0.15, -0.1) is 0 Å². The van der Waals surface area contributed by atoms with Gasteiger partial charge >= 0.3 is 5.97 Å². The Bertz CT molecular complexity index is 333. The van der Waals surface area contributed by atoms with Crippen LogP contribution in [0.2, 0.25) is 0 Å². The summed E-state index contributed by atoms with van der Waals surface area (Å²) >= 11 is 0. The van der Waals surface area contributed by atoms with Gasteiger partial charge in [0, 0.05) is 5.56 Å². The molecule has 0 radical (unpaired) electrons. The number of ether oxygens (including phenoxy) is 1. The second kappa shape index (κ2) is 5.39. The van der Waals surface area contributed by atoms with Crippen LogP contribution >= 0.6 is 0 Å². The zero-order valence-corrected chi connectivity index (χ0v) is 9.06. The van der Waals surface area contributed by atoms with Gasteiger partial charge in [-0.1, -0.05) is 25.1 Å². The van der Waals surface area contributed by atoms with Crippen molar-refractivity contribution in [2.45, 2.75) is 26.2 Å². The van der Waals surface area contributed by atoms with Crippen LogP contribution in [-0.4, -0.2) is 17.7 Å². The van der Waals surface area contributed by atoms with Crippen molar-refractivity contribution in [3.63, 3.8) is 0 Å². The van der Waals surface area contributed by atoms with E-state index >= 15 is 0 Å². The predicted molar refractivity (Wildman–Crippen MR) is 57.8 cm³/mol. The van der Waals surface area contributed by atoms with Crippen molar-refractivity contribution in [3.05, 3.63) is 29.8 Å². The van der Waals surface area contributed by atoms with Crippen LogP contribution in [0, 0.1) is 0 Å². The van der Waals surface area contributed by atoms with Gasteiger partial charge in [0.1, 0.15) is 5.75 Å². The number of esters is 1. The molecule has 0 aliphatic carbocycles. The Morgan fingerprint density at radius 3 is 2.60 bits per heavy atom. The number of carbonyl (C=O) groups is 1. The molecule has 0 heterocycles. The Morgan fingerprint density at radius 1 is 1.40 bits per heavy atom. The molecule has 1 N–H and O–H groups in total. The van der Waals surface area contributed by atoms with Gasteiger partial charge in [-0.05, 0) is 19.4 Å². The molecule has 0 amide bonds. The van der Waals surface area contributed by atoms with E-state index in [4.69, 9.17) is 4.74 Å². The van der Waals surface area contributed by atoms with Crippen molar-refractivity contribution in [2.75, 3.05) is 6.61 Å². The van der Waals surface area contributed by atoms with E-state index in [1.807, 2.05) is 6.92 Å². The quantitative estimate of drug-likeness (QED) is 0.773. The molecule has 1 atom stereocenters. The summed E-state index contributed by atoms with van der Waals surface area (Å²) in [7, 11) is 0. The molecular weight excluding hydrogens is 192 g/mol. The van der Waals surface area contributed by atoms with Crippen LogP contribution in [0.1, 0.15) is 31.7 Å². The van der Waals surface area contributed by atoms with E-state index in [9.17, 15) is 9.90 Å². The Kier molecular flexibility index (Phi) is 4.16. The molecular formula is C12H16O3. The average Bonchev–Trinajstić information content (AvgIpc) is 2.22. The number of benzene rings is 1. The molecule has 82 valence electrons. The van der Waals surface area contributed by atoms with Gasteiger partial charge in [-0.3, -0.25) is 4.79 Å². The number of aromatic hydroxyl groups is 1. The van der Waals surface area contributed by atoms with Crippen LogP contribution in [-0.2, 0) is 9.53 Å². The maximum Gasteiger partial charge on any atom is 0.313 e. The summed E-state index contributed by atoms with van der Waals surface area (Å²) in [5.41, 5.74) is 0.637. The lowest BCUT2D eigenvalue weighted by molar-refractivity contribution is -0.145. The second-order valence-corrected chi connectivity index (χ2v) is 3.27. The molecule has 3 heteroatoms. The minimum absolute atomic E-state index is 0.150. The van der Waals surface area contributed by atoms with Crippen molar-refractivity contribution in [2.24, 2.45) is 0 Å². The third-order valence-electron chi connectivity index (χ3n) is 2.29. The van der Waals surface area contributed by atoms with E-state index in [-0.39, 0.29) is 17.6 Å². The van der Waals surface area contributed by atoms with Crippen molar-refractivity contribution < 1.29 is 14.6 Å². The SMILES string of the molecule is CCOC(=O)C(CC)c1ccccc1O. The minimum atomic E-state index is -0.369. The maximum absolute atomic E-state index is 11.6. The zero-order valence-electron chi connectivity index (χ0n) is 9.06. The first-order valence-electron chi connectivity index (χ1n) is 5.15. The summed E-state index contributed by atoms with van der Waals surface area (Å²) in [6, 6.07) is 6.87. The molecule has 0 saturated carbocycles. The van der Waals surface area contributed by atoms with Crippen molar-refractivity contribution >= 4 is 5.97 Å². The lowest BCUT2D eigenvalue weighted by Gasteiger charge is -2.14. The van der Waals surface area contributed by atoms with Gasteiger partial charge in [0.05, 0.1) is 12.5 Å². The molecule has 0 aromatic heterocycles. The summed E-state index contributed by atoms with van der Waals surface area (Å²) in [5, 5.41) is 9.62. The fourth-order valence-corrected chi connectivity index (χ4v) is 1.54. The summed E-state index contributed by atoms with van der Waals surface area (Å²) in [4.78, 5) is 11.6. The Hall–Kier alpha value is -1.51. The predicted octanol–water partition coefficient (Wildman–Crippen LogP) is 2.45. The van der Waals surface area contributed by atoms with Gasteiger partial charge in [-0.2, -0.15) is 0 Å². The molecule has 0 fully saturated rings. The molecule has 1 rings (SSSR count). The Labute approximate surface area is 89.7 Å². The highest BCUT2D eigenvalue weighted by Gasteiger charge is 2.22. The number of para-hydroxylation sites is 1. The van der Waals surface area contributed by atoms with Crippen LogP contribution in [0.4, 0.5) is 0 Å². The number of rotatable bonds is 4. The largest absolute Gasteiger partial charge is 0.508 e. The topological polar surface area (TPSA) is 46.5 Å². The fourth-order valence-electron chi connectivity index (χ4n) is 1.54. The normalized spacial score (nSPS) is 12.1. The molecule has 1 aromatic carbocycles. The Balaban J connectivity index is 2.92. The standard InChI is InChI=1S/C12H16O3/c1-3-9(12(14)15-4-2)10-7-5-6-8-11(10)13/h5-9,13H,3-4H2,1-2H3. The summed E-state index contributed by atoms with van der Waals surface area (Å²) < 4.78 is 4.95. The molecule has 0 spiro atoms. The van der Waals surface area contributed by atoms with Gasteiger partial charge in [0.15, 0.2) is 0 Å². The third kappa shape index (κ3) is 2.72. The number of hydrogen-bond acceptors (Lipinski definition) is 3. The highest BCUT2D eigenvalue weighted by molar-refractivity contribution is 5.79. The lowest BCUT2D eigenvalue weighted by Crippen LogP contribution is -2.15. The lowest BCUT2D eigenvalue weighted by atomic mass is 9.96. The van der Waals surface area contributed by atoms with Crippen LogP contribution in [0.3, 0.4) is 0 Å². The monoisotopic (exact) mass is 208 g/mol. The van der Waals surface area contributed by atoms with Crippen LogP contribution in [0.15, 0.2) is 24.3 Å². The van der Waals surface area contributed by atoms with Gasteiger partial charge < -0.3 is 9.84 Å². The van der Waals surface area contributed by atoms with E-state index in [1.54, 1.807) is 31.2 Å². The summed E-state index contributed by atoms with van der Waals surface area (Å²) in [6.45, 7) is 4.03. The smallest absolute Gasteiger partial charge is 0.313 e. The molecule has 0 aliphatic heterocycles. The maximum atomic E-state index is 11.6. The van der Waals surface area contributed by atoms with E-state index in [0.717, 1.165) is 0 Å². The molecule has 1 unspecified atom stereocenters. The number of hydrogen-bond donors (Lipinski definition) is 1. The summed E-state index contributed by atoms with van der Waals surface area (Å²) in [5.74, 6) is -0.495. The number of phenolic OH excluding ortho intramolecular Hbond substituents is 1. The zero-order chi connectivity index (χ0) is 11.3. The number of phenols is 1. The molecule has 15 heavy (non-hydrogen) atoms. The first-order valence-corrected chi connectivity index (χ1v) is 5.15. The first kappa shape index (κ1) is 11.6. The van der Waals surface area contributed by atoms with Gasteiger partial charge in [-0.25, -0.2) is 0 Å². The van der Waals surface area contributed by atoms with Crippen molar-refractivity contribution in [1.29, 1.82) is 0 Å². The van der Waals surface area contributed by atoms with Crippen LogP contribution in [0.5, 0.6) is 5.75 Å². The third-order valence-corrected chi connectivity index (χ3v) is 2.29.